The number of carbonyl (C=O) groups is 4. The van der Waals surface area contributed by atoms with Gasteiger partial charge in [0.2, 0.25) is 11.8 Å². The third-order valence-corrected chi connectivity index (χ3v) is 8.29. The first-order valence-electron chi connectivity index (χ1n) is 12.7. The Morgan fingerprint density at radius 1 is 0.613 bits per heavy atom. The number of amides is 2. The molecule has 0 aromatic heterocycles. The number of Topliss-reactive ketones (excluding diaryl/α,β-unsaturated/α-hetero) is 2. The molecule has 172 valence electrons. The van der Waals surface area contributed by atoms with E-state index in [4.69, 9.17) is 0 Å². The van der Waals surface area contributed by atoms with Crippen LogP contribution >= 0.6 is 0 Å². The Kier molecular flexibility index (Phi) is 7.44. The summed E-state index contributed by atoms with van der Waals surface area (Å²) >= 11 is 0. The fourth-order valence-corrected chi connectivity index (χ4v) is 6.53. The SMILES string of the molecule is O=C(NCCCCCNC(=O)C1CC2CCCC(C1)C2=O)C1CC2CCCC(C1)C2=O. The highest BCUT2D eigenvalue weighted by Gasteiger charge is 2.42. The van der Waals surface area contributed by atoms with Crippen molar-refractivity contribution in [2.75, 3.05) is 13.1 Å². The summed E-state index contributed by atoms with van der Waals surface area (Å²) in [6, 6.07) is 0. The number of unbranched alkanes of at least 4 members (excludes halogenated alkanes) is 2. The van der Waals surface area contributed by atoms with E-state index >= 15 is 0 Å². The molecule has 4 fully saturated rings. The number of ketones is 2. The molecule has 6 heteroatoms. The Labute approximate surface area is 185 Å². The van der Waals surface area contributed by atoms with E-state index in [0.29, 0.717) is 24.7 Å². The van der Waals surface area contributed by atoms with Gasteiger partial charge in [0.25, 0.3) is 0 Å². The molecule has 2 amide bonds. The van der Waals surface area contributed by atoms with Gasteiger partial charge >= 0.3 is 0 Å². The van der Waals surface area contributed by atoms with Gasteiger partial charge < -0.3 is 10.6 Å². The smallest absolute Gasteiger partial charge is 0.223 e. The van der Waals surface area contributed by atoms with Crippen LogP contribution in [0.2, 0.25) is 0 Å². The Morgan fingerprint density at radius 3 is 1.32 bits per heavy atom. The van der Waals surface area contributed by atoms with E-state index < -0.39 is 0 Å². The monoisotopic (exact) mass is 430 g/mol. The number of fused-ring (bicyclic) bond motifs is 4. The largest absolute Gasteiger partial charge is 0.356 e. The Balaban J connectivity index is 1.06. The second-order valence-corrected chi connectivity index (χ2v) is 10.4. The maximum absolute atomic E-state index is 12.5. The van der Waals surface area contributed by atoms with Gasteiger partial charge in [-0.1, -0.05) is 12.8 Å². The number of carbonyl (C=O) groups excluding carboxylic acids is 4. The molecule has 0 spiro atoms. The molecular weight excluding hydrogens is 392 g/mol. The molecule has 4 saturated carbocycles. The van der Waals surface area contributed by atoms with Gasteiger partial charge in [-0.15, -0.1) is 0 Å². The van der Waals surface area contributed by atoms with Crippen LogP contribution in [0.3, 0.4) is 0 Å². The molecule has 6 nitrogen and oxygen atoms in total. The highest BCUT2D eigenvalue weighted by molar-refractivity contribution is 5.89. The van der Waals surface area contributed by atoms with Gasteiger partial charge in [-0.05, 0) is 70.6 Å². The molecule has 4 rings (SSSR count). The van der Waals surface area contributed by atoms with Crippen molar-refractivity contribution in [2.24, 2.45) is 35.5 Å². The van der Waals surface area contributed by atoms with Crippen molar-refractivity contribution in [1.29, 1.82) is 0 Å². The molecule has 4 unspecified atom stereocenters. The second-order valence-electron chi connectivity index (χ2n) is 10.4. The van der Waals surface area contributed by atoms with E-state index in [9.17, 15) is 19.2 Å². The fourth-order valence-electron chi connectivity index (χ4n) is 6.53. The minimum atomic E-state index is 0.00848. The zero-order chi connectivity index (χ0) is 21.8. The fraction of sp³-hybridized carbons (Fsp3) is 0.840. The minimum Gasteiger partial charge on any atom is -0.356 e. The number of nitrogens with one attached hydrogen (secondary N) is 2. The Bertz CT molecular complexity index is 616. The maximum atomic E-state index is 12.5. The van der Waals surface area contributed by atoms with Gasteiger partial charge in [-0.25, -0.2) is 0 Å². The molecular formula is C25H38N2O4. The lowest BCUT2D eigenvalue weighted by Gasteiger charge is -2.37. The Morgan fingerprint density at radius 2 is 0.968 bits per heavy atom. The molecule has 0 heterocycles. The van der Waals surface area contributed by atoms with Crippen LogP contribution in [-0.2, 0) is 19.2 Å². The average Bonchev–Trinajstić information content (AvgIpc) is 2.72. The first-order chi connectivity index (χ1) is 15.0. The summed E-state index contributed by atoms with van der Waals surface area (Å²) in [5, 5.41) is 6.13. The average molecular weight is 431 g/mol. The summed E-state index contributed by atoms with van der Waals surface area (Å²) in [7, 11) is 0. The lowest BCUT2D eigenvalue weighted by atomic mass is 9.67. The summed E-state index contributed by atoms with van der Waals surface area (Å²) in [6.07, 6.45) is 11.8. The van der Waals surface area contributed by atoms with E-state index in [0.717, 1.165) is 83.5 Å². The third kappa shape index (κ3) is 5.38. The second kappa shape index (κ2) is 10.3. The molecule has 0 saturated heterocycles. The third-order valence-electron chi connectivity index (χ3n) is 8.29. The lowest BCUT2D eigenvalue weighted by Crippen LogP contribution is -2.43. The minimum absolute atomic E-state index is 0.00848. The van der Waals surface area contributed by atoms with E-state index in [1.807, 2.05) is 0 Å². The van der Waals surface area contributed by atoms with Crippen LogP contribution in [0.15, 0.2) is 0 Å². The normalized spacial score (nSPS) is 34.8. The topological polar surface area (TPSA) is 92.3 Å². The predicted octanol–water partition coefficient (Wildman–Crippen LogP) is 3.18. The maximum Gasteiger partial charge on any atom is 0.223 e. The number of hydrogen-bond acceptors (Lipinski definition) is 4. The van der Waals surface area contributed by atoms with Crippen LogP contribution in [0.25, 0.3) is 0 Å². The first kappa shape index (κ1) is 22.5. The van der Waals surface area contributed by atoms with Crippen LogP contribution in [0, 0.1) is 35.5 Å². The van der Waals surface area contributed by atoms with Gasteiger partial charge in [0.1, 0.15) is 11.6 Å². The summed E-state index contributed by atoms with van der Waals surface area (Å²) in [5.41, 5.74) is 0. The van der Waals surface area contributed by atoms with Crippen molar-refractivity contribution in [3.8, 4) is 0 Å². The van der Waals surface area contributed by atoms with Crippen LogP contribution in [0.4, 0.5) is 0 Å². The Hall–Kier alpha value is -1.72. The summed E-state index contributed by atoms with van der Waals surface area (Å²) in [5.74, 6) is 1.54. The molecule has 2 N–H and O–H groups in total. The van der Waals surface area contributed by atoms with Crippen LogP contribution in [0.5, 0.6) is 0 Å². The van der Waals surface area contributed by atoms with E-state index in [2.05, 4.69) is 10.6 Å². The number of rotatable bonds is 8. The molecule has 0 radical (unpaired) electrons. The molecule has 0 aromatic carbocycles. The summed E-state index contributed by atoms with van der Waals surface area (Å²) < 4.78 is 0. The standard InChI is InChI=1S/C25H38N2O4/c28-22-16-6-4-7-17(22)13-20(12-16)24(30)26-10-2-1-3-11-27-25(31)21-14-18-8-5-9-19(15-21)23(18)29/h16-21H,1-15H2,(H,26,30)(H,27,31). The van der Waals surface area contributed by atoms with Gasteiger partial charge in [0.05, 0.1) is 0 Å². The van der Waals surface area contributed by atoms with Crippen molar-refractivity contribution in [1.82, 2.24) is 10.6 Å². The van der Waals surface area contributed by atoms with Crippen molar-refractivity contribution in [3.63, 3.8) is 0 Å². The summed E-state index contributed by atoms with van der Waals surface area (Å²) in [4.78, 5) is 49.3. The van der Waals surface area contributed by atoms with Gasteiger partial charge in [0, 0.05) is 48.6 Å². The van der Waals surface area contributed by atoms with Crippen molar-refractivity contribution in [2.45, 2.75) is 83.5 Å². The summed E-state index contributed by atoms with van der Waals surface area (Å²) in [6.45, 7) is 1.33. The van der Waals surface area contributed by atoms with Crippen LogP contribution in [-0.4, -0.2) is 36.5 Å². The molecule has 0 aliphatic heterocycles. The molecule has 4 bridgehead atoms. The predicted molar refractivity (Wildman–Crippen MR) is 117 cm³/mol. The van der Waals surface area contributed by atoms with Crippen molar-refractivity contribution >= 4 is 23.4 Å². The zero-order valence-electron chi connectivity index (χ0n) is 18.7. The van der Waals surface area contributed by atoms with Gasteiger partial charge in [0.15, 0.2) is 0 Å². The van der Waals surface area contributed by atoms with Gasteiger partial charge in [-0.2, -0.15) is 0 Å². The molecule has 0 aromatic rings. The highest BCUT2D eigenvalue weighted by Crippen LogP contribution is 2.41. The molecule has 4 aliphatic rings. The van der Waals surface area contributed by atoms with Crippen LogP contribution < -0.4 is 10.6 Å². The molecule has 4 aliphatic carbocycles. The van der Waals surface area contributed by atoms with Gasteiger partial charge in [-0.3, -0.25) is 19.2 Å². The zero-order valence-corrected chi connectivity index (χ0v) is 18.7. The van der Waals surface area contributed by atoms with Crippen molar-refractivity contribution < 1.29 is 19.2 Å². The van der Waals surface area contributed by atoms with E-state index in [-0.39, 0.29) is 47.3 Å². The van der Waals surface area contributed by atoms with Crippen molar-refractivity contribution in [3.05, 3.63) is 0 Å². The van der Waals surface area contributed by atoms with E-state index in [1.54, 1.807) is 0 Å². The number of hydrogen-bond donors (Lipinski definition) is 2. The first-order valence-corrected chi connectivity index (χ1v) is 12.7. The molecule has 31 heavy (non-hydrogen) atoms. The quantitative estimate of drug-likeness (QED) is 0.579. The van der Waals surface area contributed by atoms with Crippen LogP contribution in [0.1, 0.15) is 83.5 Å². The lowest BCUT2D eigenvalue weighted by molar-refractivity contribution is -0.139. The highest BCUT2D eigenvalue weighted by atomic mass is 16.2. The van der Waals surface area contributed by atoms with E-state index in [1.165, 1.54) is 0 Å². The molecule has 4 atom stereocenters.